The van der Waals surface area contributed by atoms with Gasteiger partial charge in [-0.25, -0.2) is 8.42 Å². The Hall–Kier alpha value is -0.130. The maximum Gasteiger partial charge on any atom is 0.214 e. The lowest BCUT2D eigenvalue weighted by Gasteiger charge is -2.33. The molecule has 0 heterocycles. The fraction of sp³-hybridized carbons (Fsp3) is 1.00. The summed E-state index contributed by atoms with van der Waals surface area (Å²) < 4.78 is 25.1. The average molecular weight is 220 g/mol. The first kappa shape index (κ1) is 11.9. The van der Waals surface area contributed by atoms with E-state index < -0.39 is 15.6 Å². The van der Waals surface area contributed by atoms with Gasteiger partial charge in [-0.1, -0.05) is 0 Å². The van der Waals surface area contributed by atoms with Crippen LogP contribution in [0.15, 0.2) is 0 Å². The highest BCUT2D eigenvalue weighted by Crippen LogP contribution is 2.32. The smallest absolute Gasteiger partial charge is 0.214 e. The Morgan fingerprint density at radius 2 is 1.93 bits per heavy atom. The topological polar surface area (TPSA) is 63.4 Å². The van der Waals surface area contributed by atoms with Gasteiger partial charge in [0, 0.05) is 19.1 Å². The van der Waals surface area contributed by atoms with Crippen LogP contribution < -0.4 is 5.73 Å². The second kappa shape index (κ2) is 3.79. The minimum absolute atomic E-state index is 0.285. The van der Waals surface area contributed by atoms with Gasteiger partial charge in [0.25, 0.3) is 0 Å². The van der Waals surface area contributed by atoms with Crippen molar-refractivity contribution in [3.63, 3.8) is 0 Å². The standard InChI is InChI=1S/C9H20N2O2S/c1-9(2,7-10)11(3)14(12,13)6-8-4-5-8/h8H,4-7,10H2,1-3H3. The van der Waals surface area contributed by atoms with Crippen LogP contribution in [0.5, 0.6) is 0 Å². The number of nitrogens with zero attached hydrogens (tertiary/aromatic N) is 1. The van der Waals surface area contributed by atoms with Gasteiger partial charge in [0.2, 0.25) is 10.0 Å². The van der Waals surface area contributed by atoms with Gasteiger partial charge < -0.3 is 5.73 Å². The Kier molecular flexibility index (Phi) is 3.23. The van der Waals surface area contributed by atoms with Crippen LogP contribution in [-0.4, -0.2) is 37.6 Å². The number of hydrogen-bond donors (Lipinski definition) is 1. The summed E-state index contributed by atoms with van der Waals surface area (Å²) in [6.45, 7) is 4.03. The first-order chi connectivity index (χ1) is 6.29. The normalized spacial score (nSPS) is 18.9. The summed E-state index contributed by atoms with van der Waals surface area (Å²) in [6.07, 6.45) is 2.10. The van der Waals surface area contributed by atoms with Gasteiger partial charge in [0.1, 0.15) is 0 Å². The van der Waals surface area contributed by atoms with Gasteiger partial charge in [0.15, 0.2) is 0 Å². The van der Waals surface area contributed by atoms with Crippen LogP contribution >= 0.6 is 0 Å². The van der Waals surface area contributed by atoms with Crippen LogP contribution in [0.25, 0.3) is 0 Å². The predicted molar refractivity (Wildman–Crippen MR) is 57.4 cm³/mol. The summed E-state index contributed by atoms with van der Waals surface area (Å²) >= 11 is 0. The molecule has 0 unspecified atom stereocenters. The Balaban J connectivity index is 2.70. The van der Waals surface area contributed by atoms with Crippen molar-refractivity contribution in [1.82, 2.24) is 4.31 Å². The summed E-state index contributed by atoms with van der Waals surface area (Å²) in [7, 11) is -1.50. The quantitative estimate of drug-likeness (QED) is 0.729. The second-order valence-corrected chi connectivity index (χ2v) is 6.75. The Morgan fingerprint density at radius 3 is 2.29 bits per heavy atom. The SMILES string of the molecule is CN(C(C)(C)CN)S(=O)(=O)CC1CC1. The average Bonchev–Trinajstić information content (AvgIpc) is 2.86. The first-order valence-electron chi connectivity index (χ1n) is 4.96. The number of rotatable bonds is 5. The Morgan fingerprint density at radius 1 is 1.43 bits per heavy atom. The highest BCUT2D eigenvalue weighted by Gasteiger charge is 2.36. The molecule has 4 nitrogen and oxygen atoms in total. The molecule has 1 aliphatic carbocycles. The van der Waals surface area contributed by atoms with Crippen molar-refractivity contribution in [3.05, 3.63) is 0 Å². The molecule has 0 aromatic carbocycles. The van der Waals surface area contributed by atoms with E-state index in [0.717, 1.165) is 12.8 Å². The van der Waals surface area contributed by atoms with Crippen LogP contribution in [0.1, 0.15) is 26.7 Å². The van der Waals surface area contributed by atoms with Gasteiger partial charge in [-0.15, -0.1) is 0 Å². The van der Waals surface area contributed by atoms with Gasteiger partial charge in [-0.3, -0.25) is 0 Å². The van der Waals surface area contributed by atoms with E-state index in [9.17, 15) is 8.42 Å². The molecule has 0 aromatic heterocycles. The van der Waals surface area contributed by atoms with Gasteiger partial charge in [-0.05, 0) is 32.6 Å². The number of nitrogens with two attached hydrogens (primary N) is 1. The van der Waals surface area contributed by atoms with Crippen molar-refractivity contribution in [1.29, 1.82) is 0 Å². The third-order valence-electron chi connectivity index (χ3n) is 2.91. The highest BCUT2D eigenvalue weighted by atomic mass is 32.2. The molecule has 2 N–H and O–H groups in total. The van der Waals surface area contributed by atoms with Crippen molar-refractivity contribution in [2.24, 2.45) is 11.7 Å². The van der Waals surface area contributed by atoms with Crippen LogP contribution in [0.4, 0.5) is 0 Å². The van der Waals surface area contributed by atoms with Crippen molar-refractivity contribution >= 4 is 10.0 Å². The second-order valence-electron chi connectivity index (χ2n) is 4.71. The van der Waals surface area contributed by atoms with E-state index in [2.05, 4.69) is 0 Å². The van der Waals surface area contributed by atoms with Crippen molar-refractivity contribution < 1.29 is 8.42 Å². The van der Waals surface area contributed by atoms with Crippen molar-refractivity contribution in [2.45, 2.75) is 32.2 Å². The van der Waals surface area contributed by atoms with E-state index in [1.165, 1.54) is 4.31 Å². The zero-order valence-electron chi connectivity index (χ0n) is 9.16. The lowest BCUT2D eigenvalue weighted by molar-refractivity contribution is 0.273. The van der Waals surface area contributed by atoms with E-state index in [-0.39, 0.29) is 5.75 Å². The van der Waals surface area contributed by atoms with Gasteiger partial charge in [0.05, 0.1) is 5.75 Å². The van der Waals surface area contributed by atoms with Crippen LogP contribution in [0.2, 0.25) is 0 Å². The van der Waals surface area contributed by atoms with Crippen molar-refractivity contribution in [2.75, 3.05) is 19.3 Å². The van der Waals surface area contributed by atoms with E-state index in [0.29, 0.717) is 12.5 Å². The molecule has 1 saturated carbocycles. The first-order valence-corrected chi connectivity index (χ1v) is 6.57. The van der Waals surface area contributed by atoms with Crippen molar-refractivity contribution in [3.8, 4) is 0 Å². The Labute approximate surface area is 86.5 Å². The molecule has 0 saturated heterocycles. The van der Waals surface area contributed by atoms with Gasteiger partial charge >= 0.3 is 0 Å². The molecule has 0 spiro atoms. The van der Waals surface area contributed by atoms with Crippen LogP contribution in [-0.2, 0) is 10.0 Å². The molecule has 84 valence electrons. The summed E-state index contributed by atoms with van der Waals surface area (Å²) in [5, 5.41) is 0. The molecule has 0 bridgehead atoms. The summed E-state index contributed by atoms with van der Waals surface area (Å²) in [4.78, 5) is 0. The monoisotopic (exact) mass is 220 g/mol. The number of sulfonamides is 1. The fourth-order valence-corrected chi connectivity index (χ4v) is 3.18. The molecule has 1 fully saturated rings. The third-order valence-corrected chi connectivity index (χ3v) is 5.13. The molecule has 0 atom stereocenters. The third kappa shape index (κ3) is 2.68. The van der Waals surface area contributed by atoms with E-state index >= 15 is 0 Å². The summed E-state index contributed by atoms with van der Waals surface area (Å²) in [5.74, 6) is 0.670. The minimum atomic E-state index is -3.11. The van der Waals surface area contributed by atoms with Gasteiger partial charge in [-0.2, -0.15) is 4.31 Å². The van der Waals surface area contributed by atoms with Crippen LogP contribution in [0, 0.1) is 5.92 Å². The lowest BCUT2D eigenvalue weighted by atomic mass is 10.1. The van der Waals surface area contributed by atoms with Crippen LogP contribution in [0.3, 0.4) is 0 Å². The predicted octanol–water partition coefficient (Wildman–Crippen LogP) is 0.395. The zero-order chi connectivity index (χ0) is 11.0. The Bertz CT molecular complexity index is 294. The number of hydrogen-bond acceptors (Lipinski definition) is 3. The molecule has 0 aliphatic heterocycles. The summed E-state index contributed by atoms with van der Waals surface area (Å²) in [6, 6.07) is 0. The molecule has 1 rings (SSSR count). The maximum atomic E-state index is 11.9. The molecule has 0 radical (unpaired) electrons. The van der Waals surface area contributed by atoms with E-state index in [4.69, 9.17) is 5.73 Å². The van der Waals surface area contributed by atoms with E-state index in [1.807, 2.05) is 13.8 Å². The molecule has 1 aliphatic rings. The molecule has 0 aromatic rings. The molecule has 5 heteroatoms. The maximum absolute atomic E-state index is 11.9. The minimum Gasteiger partial charge on any atom is -0.329 e. The highest BCUT2D eigenvalue weighted by molar-refractivity contribution is 7.89. The van der Waals surface area contributed by atoms with E-state index in [1.54, 1.807) is 7.05 Å². The fourth-order valence-electron chi connectivity index (χ4n) is 1.20. The summed E-state index contributed by atoms with van der Waals surface area (Å²) in [5.41, 5.74) is 5.07. The lowest BCUT2D eigenvalue weighted by Crippen LogP contribution is -2.50. The molecule has 0 amide bonds. The zero-order valence-corrected chi connectivity index (χ0v) is 9.97. The molecule has 14 heavy (non-hydrogen) atoms. The molecular formula is C9H20N2O2S. The molecular weight excluding hydrogens is 200 g/mol. The largest absolute Gasteiger partial charge is 0.329 e. The number of likely N-dealkylation sites (N-methyl/N-ethyl adjacent to an activating group) is 1.